The molecule has 2 rings (SSSR count). The second-order valence-electron chi connectivity index (χ2n) is 9.98. The topological polar surface area (TPSA) is 277 Å². The van der Waals surface area contributed by atoms with Crippen LogP contribution in [0.1, 0.15) is 35.1 Å². The first kappa shape index (κ1) is 42.8. The Morgan fingerprint density at radius 2 is 1.11 bits per heavy atom. The third-order valence-corrected chi connectivity index (χ3v) is 8.45. The molecule has 3 atom stereocenters. The van der Waals surface area contributed by atoms with Crippen molar-refractivity contribution in [3.8, 4) is 0 Å². The molecule has 0 bridgehead atoms. The molecule has 0 fully saturated rings. The predicted molar refractivity (Wildman–Crippen MR) is 150 cm³/mol. The molecule has 3 unspecified atom stereocenters. The van der Waals surface area contributed by atoms with Gasteiger partial charge in [0, 0.05) is 74.5 Å². The number of carbonyl (C=O) groups excluding carboxylic acids is 3. The van der Waals surface area contributed by atoms with Crippen molar-refractivity contribution in [2.75, 3.05) is 0 Å². The summed E-state index contributed by atoms with van der Waals surface area (Å²) >= 11 is 0. The summed E-state index contributed by atoms with van der Waals surface area (Å²) in [5.74, 6) is -4.69. The Morgan fingerprint density at radius 1 is 0.745 bits per heavy atom. The summed E-state index contributed by atoms with van der Waals surface area (Å²) in [6.07, 6.45) is -1.96. The van der Waals surface area contributed by atoms with Crippen molar-refractivity contribution >= 4 is 38.9 Å². The fourth-order valence-electron chi connectivity index (χ4n) is 3.87. The number of carboxylic acids is 1. The van der Waals surface area contributed by atoms with E-state index in [-0.39, 0.29) is 55.2 Å². The average molecular weight is 926 g/mol. The predicted octanol–water partition coefficient (Wildman–Crippen LogP) is 1.67. The normalized spacial score (nSPS) is 14.2. The van der Waals surface area contributed by atoms with Gasteiger partial charge in [0.1, 0.15) is 12.1 Å². The van der Waals surface area contributed by atoms with E-state index in [0.29, 0.717) is 24.3 Å². The molecule has 0 saturated carbocycles. The van der Waals surface area contributed by atoms with E-state index in [4.69, 9.17) is 36.1 Å². The minimum Gasteiger partial charge on any atom is -0.667 e. The fourth-order valence-corrected chi connectivity index (χ4v) is 4.84. The van der Waals surface area contributed by atoms with E-state index in [1.807, 2.05) is 0 Å². The van der Waals surface area contributed by atoms with Crippen molar-refractivity contribution in [3.63, 3.8) is 0 Å². The molecule has 2 aromatic carbocycles. The molecule has 10 N–H and O–H groups in total. The number of nitrogens with one attached hydrogen (secondary N) is 3. The first-order chi connectivity index (χ1) is 21.0. The van der Waals surface area contributed by atoms with Gasteiger partial charge in [0.15, 0.2) is 0 Å². The number of primary amides is 1. The Morgan fingerprint density at radius 3 is 1.45 bits per heavy atom. The quantitative estimate of drug-likeness (QED) is 0.0886. The summed E-state index contributed by atoms with van der Waals surface area (Å²) in [6.45, 7) is 0. The van der Waals surface area contributed by atoms with Crippen molar-refractivity contribution in [3.05, 3.63) is 76.5 Å². The molecule has 3 amide bonds. The summed E-state index contributed by atoms with van der Waals surface area (Å²) in [7, 11) is -11.8. The molecular formula is C25H29AcF4N4O11P2-. The molecule has 257 valence electrons. The number of aliphatic carboxylic acids is 1. The van der Waals surface area contributed by atoms with Crippen LogP contribution in [0.4, 0.5) is 17.6 Å². The zero-order chi connectivity index (χ0) is 35.3. The fraction of sp³-hybridized carbons (Fsp3) is 0.360. The second kappa shape index (κ2) is 16.9. The van der Waals surface area contributed by atoms with Gasteiger partial charge in [-0.15, -0.1) is 0 Å². The first-order valence-corrected chi connectivity index (χ1v) is 16.1. The molecule has 22 heteroatoms. The Kier molecular flexibility index (Phi) is 15.4. The van der Waals surface area contributed by atoms with Crippen LogP contribution in [0.5, 0.6) is 0 Å². The maximum Gasteiger partial charge on any atom is 0.399 e. The molecule has 1 radical (unpaired) electrons. The molecule has 0 aromatic heterocycles. The van der Waals surface area contributed by atoms with Gasteiger partial charge >= 0.3 is 32.5 Å². The zero-order valence-electron chi connectivity index (χ0n) is 23.9. The number of hydrogen-bond donors (Lipinski definition) is 8. The minimum atomic E-state index is -5.90. The van der Waals surface area contributed by atoms with Crippen LogP contribution in [0, 0.1) is 44.1 Å². The van der Waals surface area contributed by atoms with Gasteiger partial charge in [-0.2, -0.15) is 17.6 Å². The molecule has 0 saturated heterocycles. The number of rotatable bonds is 16. The molecule has 0 aliphatic carbocycles. The van der Waals surface area contributed by atoms with Crippen molar-refractivity contribution in [2.45, 2.75) is 55.1 Å². The minimum absolute atomic E-state index is 0. The van der Waals surface area contributed by atoms with Crippen molar-refractivity contribution < 1.29 is 115 Å². The van der Waals surface area contributed by atoms with Crippen LogP contribution >= 0.6 is 15.2 Å². The average Bonchev–Trinajstić information content (AvgIpc) is 2.94. The summed E-state index contributed by atoms with van der Waals surface area (Å²) in [5, 5.41) is 13.2. The molecule has 47 heavy (non-hydrogen) atoms. The van der Waals surface area contributed by atoms with E-state index >= 15 is 0 Å². The molecule has 0 aliphatic rings. The molecule has 0 spiro atoms. The van der Waals surface area contributed by atoms with Crippen LogP contribution in [-0.2, 0) is 52.5 Å². The number of benzene rings is 2. The van der Waals surface area contributed by atoms with Crippen LogP contribution in [-0.4, -0.2) is 66.5 Å². The van der Waals surface area contributed by atoms with E-state index in [9.17, 15) is 45.9 Å². The molecule has 2 aromatic rings. The monoisotopic (exact) mass is 926 g/mol. The van der Waals surface area contributed by atoms with E-state index in [2.05, 4.69) is 10.6 Å². The van der Waals surface area contributed by atoms with Crippen LogP contribution in [0.25, 0.3) is 5.73 Å². The summed E-state index contributed by atoms with van der Waals surface area (Å²) < 4.78 is 78.3. The number of alkyl halides is 4. The summed E-state index contributed by atoms with van der Waals surface area (Å²) in [4.78, 5) is 84.4. The smallest absolute Gasteiger partial charge is 0.399 e. The molecule has 0 aliphatic heterocycles. The van der Waals surface area contributed by atoms with Crippen LogP contribution in [0.2, 0.25) is 0 Å². The van der Waals surface area contributed by atoms with Crippen molar-refractivity contribution in [1.29, 1.82) is 0 Å². The van der Waals surface area contributed by atoms with E-state index in [0.717, 1.165) is 24.3 Å². The van der Waals surface area contributed by atoms with Crippen molar-refractivity contribution in [1.82, 2.24) is 10.6 Å². The Labute approximate surface area is 299 Å². The first-order valence-electron chi connectivity index (χ1n) is 12.9. The molecule has 15 nitrogen and oxygen atoms in total. The van der Waals surface area contributed by atoms with Gasteiger partial charge in [-0.3, -0.25) is 28.3 Å². The van der Waals surface area contributed by atoms with Crippen LogP contribution < -0.4 is 16.4 Å². The maximum absolute atomic E-state index is 14.0. The number of carbonyl (C=O) groups is 4. The number of hydrogen-bond acceptors (Lipinski definition) is 6. The Hall–Kier alpha value is -2.26. The Bertz CT molecular complexity index is 1540. The summed E-state index contributed by atoms with van der Waals surface area (Å²) in [6, 6.07) is 1.72. The van der Waals surface area contributed by atoms with Gasteiger partial charge < -0.3 is 46.8 Å². The van der Waals surface area contributed by atoms with Gasteiger partial charge in [0.2, 0.25) is 17.7 Å². The van der Waals surface area contributed by atoms with Crippen LogP contribution in [0.15, 0.2) is 48.5 Å². The molecular weight excluding hydrogens is 897 g/mol. The van der Waals surface area contributed by atoms with E-state index in [1.165, 1.54) is 0 Å². The van der Waals surface area contributed by atoms with E-state index < -0.39 is 105 Å². The zero-order valence-corrected chi connectivity index (χ0v) is 30.5. The van der Waals surface area contributed by atoms with Crippen LogP contribution in [0.3, 0.4) is 0 Å². The third-order valence-electron chi connectivity index (χ3n) is 6.47. The van der Waals surface area contributed by atoms with Crippen molar-refractivity contribution in [2.24, 2.45) is 5.73 Å². The number of carboxylic acid groups (broad SMARTS) is 1. The van der Waals surface area contributed by atoms with E-state index in [1.54, 1.807) is 0 Å². The van der Waals surface area contributed by atoms with Gasteiger partial charge in [-0.05, 0) is 11.1 Å². The molecule has 0 heterocycles. The summed E-state index contributed by atoms with van der Waals surface area (Å²) in [5.41, 5.74) is 2.21. The maximum atomic E-state index is 14.0. The standard InChI is InChI=1S/C25H29F4N4O11P2.Ac/c26-24(27,45(39,40)41)15-5-1-13(2-6-15)11-18(21(31)36)32-23(38)19(33-22(37)17(30)9-10-20(34)35)12-14-3-7-16(8-4-14)25(28,29)46(42,43)44;/h1-8,17-19,30H,9-12H2,(H2,31,36)(H,32,38)(H,33,37)(H,34,35)(H2,39,40,41)(H2,42,43,44);/q-1;. The number of amides is 3. The third kappa shape index (κ3) is 11.7. The van der Waals surface area contributed by atoms with Gasteiger partial charge in [0.05, 0.1) is 0 Å². The number of halogens is 4. The van der Waals surface area contributed by atoms with Gasteiger partial charge in [0.25, 0.3) is 0 Å². The number of nitrogens with two attached hydrogens (primary N) is 1. The Balaban J connectivity index is 0.0000110. The largest absolute Gasteiger partial charge is 0.667 e. The SMILES string of the molecule is [Ac].[NH-]C(CCC(=O)O)C(=O)NC(Cc1ccc(C(F)(F)P(=O)(O)O)cc1)C(=O)NC(Cc1ccc(C(F)(F)P(=O)(O)O)cc1)C(N)=O. The van der Waals surface area contributed by atoms with Gasteiger partial charge in [-0.1, -0.05) is 61.0 Å². The van der Waals surface area contributed by atoms with Gasteiger partial charge in [-0.25, -0.2) is 0 Å². The second-order valence-corrected chi connectivity index (χ2v) is 13.3.